The molecular formula is C57H110N2O6P+. The van der Waals surface area contributed by atoms with Crippen LogP contribution in [-0.4, -0.2) is 73.4 Å². The van der Waals surface area contributed by atoms with E-state index in [1.807, 2.05) is 27.2 Å². The van der Waals surface area contributed by atoms with Crippen molar-refractivity contribution in [3.05, 3.63) is 48.6 Å². The molecule has 0 saturated heterocycles. The van der Waals surface area contributed by atoms with Gasteiger partial charge in [-0.1, -0.05) is 229 Å². The molecule has 9 heteroatoms. The number of allylic oxidation sites excluding steroid dienone is 7. The van der Waals surface area contributed by atoms with Gasteiger partial charge in [-0.25, -0.2) is 4.57 Å². The van der Waals surface area contributed by atoms with Crippen LogP contribution >= 0.6 is 7.82 Å². The number of aliphatic hydroxyl groups is 1. The number of amides is 1. The second-order valence-corrected chi connectivity index (χ2v) is 21.7. The molecule has 0 fully saturated rings. The Kier molecular flexibility index (Phi) is 47.4. The average molecular weight is 950 g/mol. The summed E-state index contributed by atoms with van der Waals surface area (Å²) in [7, 11) is 1.55. The highest BCUT2D eigenvalue weighted by molar-refractivity contribution is 7.47. The number of rotatable bonds is 51. The Morgan fingerprint density at radius 1 is 0.500 bits per heavy atom. The molecule has 66 heavy (non-hydrogen) atoms. The summed E-state index contributed by atoms with van der Waals surface area (Å²) in [5.74, 6) is -0.191. The zero-order valence-corrected chi connectivity index (χ0v) is 45.1. The fourth-order valence-corrected chi connectivity index (χ4v) is 8.81. The van der Waals surface area contributed by atoms with E-state index < -0.39 is 20.0 Å². The minimum atomic E-state index is -4.36. The van der Waals surface area contributed by atoms with Crippen molar-refractivity contribution >= 4 is 13.7 Å². The van der Waals surface area contributed by atoms with Gasteiger partial charge in [-0.3, -0.25) is 13.8 Å². The van der Waals surface area contributed by atoms with Crippen molar-refractivity contribution in [2.75, 3.05) is 40.9 Å². The fourth-order valence-electron chi connectivity index (χ4n) is 8.07. The molecule has 3 unspecified atom stereocenters. The van der Waals surface area contributed by atoms with E-state index in [2.05, 4.69) is 55.6 Å². The number of nitrogens with zero attached hydrogens (tertiary/aromatic N) is 1. The highest BCUT2D eigenvalue weighted by Gasteiger charge is 2.27. The van der Waals surface area contributed by atoms with Crippen LogP contribution in [0.4, 0.5) is 0 Å². The smallest absolute Gasteiger partial charge is 0.387 e. The van der Waals surface area contributed by atoms with Gasteiger partial charge in [0.25, 0.3) is 0 Å². The lowest BCUT2D eigenvalue weighted by molar-refractivity contribution is -0.870. The topological polar surface area (TPSA) is 105 Å². The summed E-state index contributed by atoms with van der Waals surface area (Å²) in [5, 5.41) is 13.9. The summed E-state index contributed by atoms with van der Waals surface area (Å²) >= 11 is 0. The van der Waals surface area contributed by atoms with Gasteiger partial charge in [-0.05, 0) is 70.6 Å². The van der Waals surface area contributed by atoms with Crippen LogP contribution in [0.2, 0.25) is 0 Å². The van der Waals surface area contributed by atoms with Gasteiger partial charge in [-0.15, -0.1) is 0 Å². The second kappa shape index (κ2) is 48.5. The van der Waals surface area contributed by atoms with Crippen molar-refractivity contribution in [2.45, 2.75) is 270 Å². The van der Waals surface area contributed by atoms with Crippen LogP contribution in [0.15, 0.2) is 48.6 Å². The Hall–Kier alpha value is -1.54. The van der Waals surface area contributed by atoms with Crippen molar-refractivity contribution in [2.24, 2.45) is 0 Å². The second-order valence-electron chi connectivity index (χ2n) is 20.3. The number of aliphatic hydroxyl groups excluding tert-OH is 1. The number of nitrogens with one attached hydrogen (secondary N) is 1. The van der Waals surface area contributed by atoms with E-state index in [-0.39, 0.29) is 19.1 Å². The van der Waals surface area contributed by atoms with Gasteiger partial charge in [-0.2, -0.15) is 0 Å². The number of carbonyl (C=O) groups excluding carboxylic acids is 1. The average Bonchev–Trinajstić information content (AvgIpc) is 3.28. The Balaban J connectivity index is 4.23. The van der Waals surface area contributed by atoms with Crippen molar-refractivity contribution in [3.8, 4) is 0 Å². The maximum Gasteiger partial charge on any atom is 0.472 e. The molecule has 388 valence electrons. The molecule has 0 saturated carbocycles. The number of hydrogen-bond acceptors (Lipinski definition) is 5. The number of unbranched alkanes of at least 4 members (excludes halogenated alkanes) is 32. The van der Waals surface area contributed by atoms with Crippen LogP contribution in [0.25, 0.3) is 0 Å². The van der Waals surface area contributed by atoms with Gasteiger partial charge in [0, 0.05) is 6.42 Å². The summed E-state index contributed by atoms with van der Waals surface area (Å²) < 4.78 is 23.6. The lowest BCUT2D eigenvalue weighted by atomic mass is 10.0. The number of carbonyl (C=O) groups is 1. The number of likely N-dealkylation sites (N-methyl/N-ethyl adjacent to an activating group) is 1. The SMILES string of the molecule is CCCCCCCCC/C=C/CC/C=C/CC/C=C/C(O)C(COP(=O)(O)OCC[N+](C)(C)C)NC(=O)CCCCCCCCCCCCC/C=C\CCCCCCCCCCCCCC. The molecule has 0 heterocycles. The third-order valence-corrected chi connectivity index (χ3v) is 13.5. The molecule has 3 atom stereocenters. The van der Waals surface area contributed by atoms with Gasteiger partial charge in [0.2, 0.25) is 5.91 Å². The molecule has 0 aliphatic carbocycles. The van der Waals surface area contributed by atoms with Crippen LogP contribution in [0.3, 0.4) is 0 Å². The molecule has 0 rings (SSSR count). The molecule has 0 radical (unpaired) electrons. The van der Waals surface area contributed by atoms with Gasteiger partial charge in [0.1, 0.15) is 13.2 Å². The van der Waals surface area contributed by atoms with Crippen LogP contribution in [0.1, 0.15) is 258 Å². The largest absolute Gasteiger partial charge is 0.472 e. The summed E-state index contributed by atoms with van der Waals surface area (Å²) in [6, 6.07) is -0.870. The molecule has 0 aromatic rings. The van der Waals surface area contributed by atoms with Crippen LogP contribution in [0.5, 0.6) is 0 Å². The molecule has 0 spiro atoms. The molecule has 0 aliphatic rings. The Morgan fingerprint density at radius 2 is 0.833 bits per heavy atom. The van der Waals surface area contributed by atoms with E-state index in [0.29, 0.717) is 17.4 Å². The van der Waals surface area contributed by atoms with Crippen molar-refractivity contribution in [1.29, 1.82) is 0 Å². The van der Waals surface area contributed by atoms with Gasteiger partial charge >= 0.3 is 7.82 Å². The zero-order valence-electron chi connectivity index (χ0n) is 44.2. The molecule has 1 amide bonds. The lowest BCUT2D eigenvalue weighted by Crippen LogP contribution is -2.45. The minimum Gasteiger partial charge on any atom is -0.387 e. The summed E-state index contributed by atoms with van der Waals surface area (Å²) in [6.07, 6.45) is 63.6. The normalized spacial score (nSPS) is 14.3. The quantitative estimate of drug-likeness (QED) is 0.0243. The predicted octanol–water partition coefficient (Wildman–Crippen LogP) is 16.8. The van der Waals surface area contributed by atoms with Crippen LogP contribution in [-0.2, 0) is 18.4 Å². The molecular weight excluding hydrogens is 840 g/mol. The molecule has 8 nitrogen and oxygen atoms in total. The van der Waals surface area contributed by atoms with Gasteiger partial charge < -0.3 is 19.8 Å². The monoisotopic (exact) mass is 950 g/mol. The third-order valence-electron chi connectivity index (χ3n) is 12.5. The summed E-state index contributed by atoms with van der Waals surface area (Å²) in [4.78, 5) is 23.3. The highest BCUT2D eigenvalue weighted by atomic mass is 31.2. The first-order chi connectivity index (χ1) is 32.0. The first-order valence-corrected chi connectivity index (χ1v) is 29.5. The zero-order chi connectivity index (χ0) is 48.5. The molecule has 0 aromatic heterocycles. The van der Waals surface area contributed by atoms with E-state index in [1.165, 1.54) is 193 Å². The number of phosphoric acid groups is 1. The van der Waals surface area contributed by atoms with Gasteiger partial charge in [0.15, 0.2) is 0 Å². The van der Waals surface area contributed by atoms with Crippen LogP contribution in [0, 0.1) is 0 Å². The first kappa shape index (κ1) is 64.5. The number of hydrogen-bond donors (Lipinski definition) is 3. The third kappa shape index (κ3) is 50.3. The van der Waals surface area contributed by atoms with Crippen molar-refractivity contribution < 1.29 is 32.9 Å². The maximum atomic E-state index is 13.0. The maximum absolute atomic E-state index is 13.0. The highest BCUT2D eigenvalue weighted by Crippen LogP contribution is 2.43. The van der Waals surface area contributed by atoms with E-state index in [1.54, 1.807) is 6.08 Å². The molecule has 0 aromatic carbocycles. The van der Waals surface area contributed by atoms with E-state index in [4.69, 9.17) is 9.05 Å². The molecule has 3 N–H and O–H groups in total. The van der Waals surface area contributed by atoms with Crippen LogP contribution < -0.4 is 5.32 Å². The predicted molar refractivity (Wildman–Crippen MR) is 286 cm³/mol. The standard InChI is InChI=1S/C57H109N2O6P/c1-6-8-10-12-14-16-18-20-22-24-25-26-27-28-29-30-31-32-33-35-37-39-41-43-45-47-49-51-57(61)58-55(54-65-66(62,63)64-53-52-59(3,4)5)56(60)50-48-46-44-42-40-38-36-34-23-21-19-17-15-13-11-9-7-2/h23,28-29,34,40,42,48,50,55-56,60H,6-22,24-27,30-33,35-39,41,43-47,49,51-54H2,1-5H3,(H-,58,61,62,63)/p+1/b29-28-,34-23+,42-40+,50-48+. The van der Waals surface area contributed by atoms with E-state index >= 15 is 0 Å². The summed E-state index contributed by atoms with van der Waals surface area (Å²) in [5.41, 5.74) is 0. The summed E-state index contributed by atoms with van der Waals surface area (Å²) in [6.45, 7) is 4.80. The molecule has 0 aliphatic heterocycles. The van der Waals surface area contributed by atoms with Gasteiger partial charge in [0.05, 0.1) is 39.9 Å². The molecule has 0 bridgehead atoms. The van der Waals surface area contributed by atoms with Crippen molar-refractivity contribution in [1.82, 2.24) is 5.32 Å². The van der Waals surface area contributed by atoms with E-state index in [0.717, 1.165) is 44.9 Å². The lowest BCUT2D eigenvalue weighted by Gasteiger charge is -2.25. The Bertz CT molecular complexity index is 1210. The minimum absolute atomic E-state index is 0.0530. The number of phosphoric ester groups is 1. The first-order valence-electron chi connectivity index (χ1n) is 28.0. The fraction of sp³-hybridized carbons (Fsp3) is 0.842. The number of quaternary nitrogens is 1. The Morgan fingerprint density at radius 3 is 1.21 bits per heavy atom. The Labute approximate surface area is 409 Å². The van der Waals surface area contributed by atoms with E-state index in [9.17, 15) is 19.4 Å². The van der Waals surface area contributed by atoms with Crippen molar-refractivity contribution in [3.63, 3.8) is 0 Å².